The summed E-state index contributed by atoms with van der Waals surface area (Å²) in [6.07, 6.45) is 0. The highest BCUT2D eigenvalue weighted by Crippen LogP contribution is 2.41. The van der Waals surface area contributed by atoms with Gasteiger partial charge in [0.2, 0.25) is 0 Å². The topological polar surface area (TPSA) is 43.6 Å². The van der Waals surface area contributed by atoms with Crippen LogP contribution in [0.2, 0.25) is 0 Å². The summed E-state index contributed by atoms with van der Waals surface area (Å²) in [4.78, 5) is 15.5. The van der Waals surface area contributed by atoms with Crippen LogP contribution in [0.15, 0.2) is 176 Å². The number of fused-ring (bicyclic) bond motifs is 3. The van der Waals surface area contributed by atoms with E-state index in [-0.39, 0.29) is 5.82 Å². The summed E-state index contributed by atoms with van der Waals surface area (Å²) in [5.74, 6) is 1.45. The normalized spacial score (nSPS) is 11.4. The largest absolute Gasteiger partial charge is 0.308 e. The SMILES string of the molecule is Cc1ccc(-c2ccc3c4ccc(-c5ccc(C)cc5C)cc4n(-c4cc(-c5ccc(F)cc5)ccc4-c4nc(-c5ccccc5)nc(-c5ccccc5)n4)c3c2)c(C)c1. The molecular weight excluding hydrogens is 736 g/mol. The van der Waals surface area contributed by atoms with Gasteiger partial charge < -0.3 is 4.57 Å². The van der Waals surface area contributed by atoms with Crippen LogP contribution in [0.4, 0.5) is 4.39 Å². The number of benzene rings is 8. The van der Waals surface area contributed by atoms with E-state index >= 15 is 0 Å². The van der Waals surface area contributed by atoms with Crippen molar-refractivity contribution >= 4 is 21.8 Å². The number of nitrogens with zero attached hydrogens (tertiary/aromatic N) is 4. The molecule has 8 aromatic carbocycles. The fraction of sp³-hybridized carbons (Fsp3) is 0.0727. The van der Waals surface area contributed by atoms with Gasteiger partial charge in [0.25, 0.3) is 0 Å². The maximum Gasteiger partial charge on any atom is 0.166 e. The maximum absolute atomic E-state index is 14.3. The molecule has 0 N–H and O–H groups in total. The number of hydrogen-bond donors (Lipinski definition) is 0. The Hall–Kier alpha value is -7.50. The third-order valence-electron chi connectivity index (χ3n) is 11.5. The Labute approximate surface area is 349 Å². The van der Waals surface area contributed by atoms with Crippen molar-refractivity contribution in [3.8, 4) is 73.2 Å². The molecule has 0 saturated heterocycles. The van der Waals surface area contributed by atoms with Crippen molar-refractivity contribution in [3.05, 3.63) is 204 Å². The predicted octanol–water partition coefficient (Wildman–Crippen LogP) is 14.3. The summed E-state index contributed by atoms with van der Waals surface area (Å²) in [6, 6.07) is 60.1. The Morgan fingerprint density at radius 1 is 0.367 bits per heavy atom. The molecule has 2 heterocycles. The van der Waals surface area contributed by atoms with Crippen LogP contribution in [-0.4, -0.2) is 19.5 Å². The minimum absolute atomic E-state index is 0.275. The van der Waals surface area contributed by atoms with E-state index in [0.29, 0.717) is 17.5 Å². The van der Waals surface area contributed by atoms with E-state index in [2.05, 4.69) is 123 Å². The molecule has 0 spiro atoms. The van der Waals surface area contributed by atoms with E-state index in [1.54, 1.807) is 0 Å². The van der Waals surface area contributed by atoms with Crippen LogP contribution in [0, 0.1) is 33.5 Å². The van der Waals surface area contributed by atoms with Crippen molar-refractivity contribution in [2.75, 3.05) is 0 Å². The molecular formula is C55H41FN4. The van der Waals surface area contributed by atoms with Crippen molar-refractivity contribution in [2.24, 2.45) is 0 Å². The van der Waals surface area contributed by atoms with Crippen molar-refractivity contribution in [1.82, 2.24) is 19.5 Å². The molecule has 60 heavy (non-hydrogen) atoms. The second-order valence-corrected chi connectivity index (χ2v) is 15.7. The highest BCUT2D eigenvalue weighted by molar-refractivity contribution is 6.12. The number of hydrogen-bond acceptors (Lipinski definition) is 3. The van der Waals surface area contributed by atoms with E-state index < -0.39 is 0 Å². The highest BCUT2D eigenvalue weighted by Gasteiger charge is 2.22. The number of halogens is 1. The molecule has 0 aliphatic carbocycles. The third kappa shape index (κ3) is 6.74. The lowest BCUT2D eigenvalue weighted by Crippen LogP contribution is -2.04. The van der Waals surface area contributed by atoms with Gasteiger partial charge in [-0.2, -0.15) is 0 Å². The summed E-state index contributed by atoms with van der Waals surface area (Å²) in [6.45, 7) is 8.62. The van der Waals surface area contributed by atoms with Gasteiger partial charge in [-0.3, -0.25) is 0 Å². The van der Waals surface area contributed by atoms with Gasteiger partial charge in [0.1, 0.15) is 5.82 Å². The van der Waals surface area contributed by atoms with Crippen LogP contribution in [0.1, 0.15) is 22.3 Å². The van der Waals surface area contributed by atoms with E-state index in [1.165, 1.54) is 45.5 Å². The Bertz CT molecular complexity index is 3070. The molecule has 0 unspecified atom stereocenters. The molecule has 0 aliphatic heterocycles. The van der Waals surface area contributed by atoms with Crippen molar-refractivity contribution in [2.45, 2.75) is 27.7 Å². The van der Waals surface area contributed by atoms with E-state index in [0.717, 1.165) is 66.4 Å². The van der Waals surface area contributed by atoms with Gasteiger partial charge in [-0.15, -0.1) is 0 Å². The molecule has 10 aromatic rings. The van der Waals surface area contributed by atoms with Crippen LogP contribution in [0.5, 0.6) is 0 Å². The second kappa shape index (κ2) is 15.0. The van der Waals surface area contributed by atoms with E-state index in [1.807, 2.05) is 72.8 Å². The number of rotatable bonds is 7. The summed E-state index contributed by atoms with van der Waals surface area (Å²) in [5.41, 5.74) is 17.0. The molecule has 288 valence electrons. The molecule has 0 saturated carbocycles. The fourth-order valence-corrected chi connectivity index (χ4v) is 8.54. The lowest BCUT2D eigenvalue weighted by Gasteiger charge is -2.17. The third-order valence-corrected chi connectivity index (χ3v) is 11.5. The zero-order valence-corrected chi connectivity index (χ0v) is 33.9. The Balaban J connectivity index is 1.31. The molecule has 0 aliphatic rings. The Morgan fingerprint density at radius 3 is 1.32 bits per heavy atom. The molecule has 10 rings (SSSR count). The van der Waals surface area contributed by atoms with Gasteiger partial charge >= 0.3 is 0 Å². The fourth-order valence-electron chi connectivity index (χ4n) is 8.54. The first-order chi connectivity index (χ1) is 29.3. The zero-order chi connectivity index (χ0) is 40.9. The average Bonchev–Trinajstić information content (AvgIpc) is 3.59. The molecule has 0 radical (unpaired) electrons. The van der Waals surface area contributed by atoms with Crippen LogP contribution in [0.25, 0.3) is 95.0 Å². The van der Waals surface area contributed by atoms with Crippen molar-refractivity contribution in [3.63, 3.8) is 0 Å². The quantitative estimate of drug-likeness (QED) is 0.162. The van der Waals surface area contributed by atoms with Crippen molar-refractivity contribution < 1.29 is 4.39 Å². The minimum Gasteiger partial charge on any atom is -0.308 e. The van der Waals surface area contributed by atoms with Gasteiger partial charge in [0.05, 0.1) is 16.7 Å². The summed E-state index contributed by atoms with van der Waals surface area (Å²) in [7, 11) is 0. The maximum atomic E-state index is 14.3. The predicted molar refractivity (Wildman–Crippen MR) is 246 cm³/mol. The van der Waals surface area contributed by atoms with Gasteiger partial charge in [-0.25, -0.2) is 19.3 Å². The standard InChI is InChI=1S/C55H41FN4/c1-34-15-24-45(36(3)29-34)42-20-26-47-48-27-21-43(46-25-16-35(2)30-37(46)4)33-51(48)60(50(47)32-42)52-31-41(38-17-22-44(56)23-18-38)19-28-49(52)55-58-53(39-11-7-5-8-12-39)57-54(59-55)40-13-9-6-10-14-40/h5-33H,1-4H3. The van der Waals surface area contributed by atoms with Crippen LogP contribution >= 0.6 is 0 Å². The number of aryl methyl sites for hydroxylation is 4. The van der Waals surface area contributed by atoms with Crippen molar-refractivity contribution in [1.29, 1.82) is 0 Å². The molecule has 5 heteroatoms. The summed E-state index contributed by atoms with van der Waals surface area (Å²) in [5, 5.41) is 2.27. The first kappa shape index (κ1) is 36.8. The molecule has 0 bridgehead atoms. The molecule has 2 aromatic heterocycles. The van der Waals surface area contributed by atoms with Crippen LogP contribution in [0.3, 0.4) is 0 Å². The summed E-state index contributed by atoms with van der Waals surface area (Å²) >= 11 is 0. The highest BCUT2D eigenvalue weighted by atomic mass is 19.1. The number of aromatic nitrogens is 4. The van der Waals surface area contributed by atoms with Gasteiger partial charge in [0, 0.05) is 27.5 Å². The lowest BCUT2D eigenvalue weighted by molar-refractivity contribution is 0.628. The first-order valence-corrected chi connectivity index (χ1v) is 20.3. The van der Waals surface area contributed by atoms with Crippen LogP contribution in [-0.2, 0) is 0 Å². The monoisotopic (exact) mass is 776 g/mol. The van der Waals surface area contributed by atoms with Gasteiger partial charge in [0.15, 0.2) is 17.5 Å². The average molecular weight is 777 g/mol. The first-order valence-electron chi connectivity index (χ1n) is 20.3. The molecule has 0 fully saturated rings. The van der Waals surface area contributed by atoms with E-state index in [4.69, 9.17) is 15.0 Å². The molecule has 4 nitrogen and oxygen atoms in total. The second-order valence-electron chi connectivity index (χ2n) is 15.7. The Kier molecular flexibility index (Phi) is 9.22. The van der Waals surface area contributed by atoms with Gasteiger partial charge in [-0.1, -0.05) is 151 Å². The summed E-state index contributed by atoms with van der Waals surface area (Å²) < 4.78 is 16.7. The smallest absolute Gasteiger partial charge is 0.166 e. The van der Waals surface area contributed by atoms with Gasteiger partial charge in [-0.05, 0) is 109 Å². The zero-order valence-electron chi connectivity index (χ0n) is 33.9. The minimum atomic E-state index is -0.275. The molecule has 0 amide bonds. The van der Waals surface area contributed by atoms with Crippen LogP contribution < -0.4 is 0 Å². The molecule has 0 atom stereocenters. The lowest BCUT2D eigenvalue weighted by atomic mass is 9.96. The Morgan fingerprint density at radius 2 is 0.817 bits per heavy atom. The van der Waals surface area contributed by atoms with E-state index in [9.17, 15) is 4.39 Å².